The van der Waals surface area contributed by atoms with Crippen molar-refractivity contribution in [3.8, 4) is 5.75 Å². The maximum Gasteiger partial charge on any atom is 0.227 e. The van der Waals surface area contributed by atoms with Crippen molar-refractivity contribution in [2.24, 2.45) is 5.92 Å². The second-order valence-electron chi connectivity index (χ2n) is 7.78. The predicted molar refractivity (Wildman–Crippen MR) is 108 cm³/mol. The minimum absolute atomic E-state index is 0.566. The zero-order valence-corrected chi connectivity index (χ0v) is 16.5. The number of rotatable bonds is 5. The molecule has 6 heteroatoms. The Morgan fingerprint density at radius 1 is 1.19 bits per heavy atom. The average Bonchev–Trinajstić information content (AvgIpc) is 3.10. The summed E-state index contributed by atoms with van der Waals surface area (Å²) in [6.07, 6.45) is 4.38. The Morgan fingerprint density at radius 3 is 2.85 bits per heavy atom. The molecule has 3 heterocycles. The first kappa shape index (κ1) is 18.0. The number of hydrogen-bond donors (Lipinski definition) is 0. The minimum atomic E-state index is 0.566. The summed E-state index contributed by atoms with van der Waals surface area (Å²) in [5.41, 5.74) is 1.32. The number of anilines is 2. The van der Waals surface area contributed by atoms with Gasteiger partial charge in [-0.05, 0) is 49.1 Å². The van der Waals surface area contributed by atoms with Crippen LogP contribution in [0, 0.1) is 5.92 Å². The van der Waals surface area contributed by atoms with Crippen LogP contribution in [0.3, 0.4) is 0 Å². The molecule has 6 nitrogen and oxygen atoms in total. The highest BCUT2D eigenvalue weighted by Gasteiger charge is 2.38. The topological polar surface area (TPSA) is 44.7 Å². The van der Waals surface area contributed by atoms with E-state index < -0.39 is 0 Å². The van der Waals surface area contributed by atoms with Gasteiger partial charge in [0.15, 0.2) is 0 Å². The zero-order chi connectivity index (χ0) is 18.8. The van der Waals surface area contributed by atoms with E-state index in [1.54, 1.807) is 7.11 Å². The minimum Gasteiger partial charge on any atom is -0.497 e. The van der Waals surface area contributed by atoms with Crippen molar-refractivity contribution in [2.75, 3.05) is 50.6 Å². The van der Waals surface area contributed by atoms with Gasteiger partial charge < -0.3 is 14.5 Å². The maximum atomic E-state index is 5.38. The van der Waals surface area contributed by atoms with E-state index in [1.165, 1.54) is 24.9 Å². The van der Waals surface area contributed by atoms with Crippen LogP contribution in [0.25, 0.3) is 0 Å². The lowest BCUT2D eigenvalue weighted by Gasteiger charge is -2.38. The summed E-state index contributed by atoms with van der Waals surface area (Å²) in [6, 6.07) is 11.0. The van der Waals surface area contributed by atoms with Crippen LogP contribution in [-0.2, 0) is 6.54 Å². The Labute approximate surface area is 161 Å². The van der Waals surface area contributed by atoms with Crippen LogP contribution in [0.4, 0.5) is 11.8 Å². The molecule has 0 saturated carbocycles. The molecule has 27 heavy (non-hydrogen) atoms. The molecule has 2 aliphatic rings. The van der Waals surface area contributed by atoms with E-state index in [0.29, 0.717) is 6.04 Å². The van der Waals surface area contributed by atoms with Gasteiger partial charge in [-0.1, -0.05) is 12.1 Å². The third kappa shape index (κ3) is 3.86. The van der Waals surface area contributed by atoms with Crippen molar-refractivity contribution >= 4 is 11.8 Å². The summed E-state index contributed by atoms with van der Waals surface area (Å²) in [6.45, 7) is 4.19. The van der Waals surface area contributed by atoms with Crippen LogP contribution < -0.4 is 14.5 Å². The van der Waals surface area contributed by atoms with Gasteiger partial charge in [0.1, 0.15) is 11.6 Å². The van der Waals surface area contributed by atoms with Gasteiger partial charge in [0.05, 0.1) is 7.11 Å². The molecular formula is C21H29N5O. The first-order chi connectivity index (χ1) is 13.1. The molecular weight excluding hydrogens is 338 g/mol. The number of ether oxygens (including phenoxy) is 1. The van der Waals surface area contributed by atoms with Crippen molar-refractivity contribution in [1.82, 2.24) is 14.9 Å². The Balaban J connectivity index is 1.48. The number of aromatic nitrogens is 2. The van der Waals surface area contributed by atoms with Gasteiger partial charge in [-0.25, -0.2) is 4.98 Å². The maximum absolute atomic E-state index is 5.38. The molecule has 0 spiro atoms. The average molecular weight is 367 g/mol. The van der Waals surface area contributed by atoms with Crippen LogP contribution in [0.2, 0.25) is 0 Å². The monoisotopic (exact) mass is 367 g/mol. The van der Waals surface area contributed by atoms with Crippen molar-refractivity contribution in [2.45, 2.75) is 25.4 Å². The van der Waals surface area contributed by atoms with Gasteiger partial charge in [-0.15, -0.1) is 0 Å². The first-order valence-corrected chi connectivity index (χ1v) is 9.76. The van der Waals surface area contributed by atoms with E-state index in [1.807, 2.05) is 37.3 Å². The fourth-order valence-corrected chi connectivity index (χ4v) is 4.35. The van der Waals surface area contributed by atoms with Crippen LogP contribution >= 0.6 is 0 Å². The Hall–Kier alpha value is -2.34. The highest BCUT2D eigenvalue weighted by atomic mass is 16.5. The lowest BCUT2D eigenvalue weighted by Crippen LogP contribution is -2.48. The van der Waals surface area contributed by atoms with Crippen molar-refractivity contribution in [3.05, 3.63) is 42.1 Å². The van der Waals surface area contributed by atoms with E-state index in [9.17, 15) is 0 Å². The molecule has 0 radical (unpaired) electrons. The lowest BCUT2D eigenvalue weighted by atomic mass is 9.92. The largest absolute Gasteiger partial charge is 0.497 e. The van der Waals surface area contributed by atoms with Gasteiger partial charge >= 0.3 is 0 Å². The van der Waals surface area contributed by atoms with Gasteiger partial charge in [0.25, 0.3) is 0 Å². The Bertz CT molecular complexity index is 781. The molecule has 0 N–H and O–H groups in total. The van der Waals surface area contributed by atoms with Gasteiger partial charge in [-0.2, -0.15) is 4.98 Å². The summed E-state index contributed by atoms with van der Waals surface area (Å²) < 4.78 is 5.38. The van der Waals surface area contributed by atoms with Crippen LogP contribution in [-0.4, -0.2) is 61.7 Å². The SMILES string of the molecule is COc1cccc(CN2CCC3CCN(c4nccc(N(C)C)n4)CC32)c1. The lowest BCUT2D eigenvalue weighted by molar-refractivity contribution is 0.200. The molecule has 0 aliphatic carbocycles. The number of benzene rings is 1. The highest BCUT2D eigenvalue weighted by molar-refractivity contribution is 5.43. The molecule has 0 bridgehead atoms. The number of piperidine rings is 1. The number of methoxy groups -OCH3 is 1. The van der Waals surface area contributed by atoms with E-state index >= 15 is 0 Å². The molecule has 2 aromatic rings. The summed E-state index contributed by atoms with van der Waals surface area (Å²) >= 11 is 0. The zero-order valence-electron chi connectivity index (χ0n) is 16.5. The van der Waals surface area contributed by atoms with Gasteiger partial charge in [0, 0.05) is 46.0 Å². The summed E-state index contributed by atoms with van der Waals surface area (Å²) in [5.74, 6) is 3.53. The standard InChI is InChI=1S/C21H29N5O/c1-24(2)20-7-10-22-21(23-20)26-12-9-17-8-11-25(19(17)15-26)14-16-5-4-6-18(13-16)27-3/h4-7,10,13,17,19H,8-9,11-12,14-15H2,1-3H3. The Kier molecular flexibility index (Phi) is 5.16. The summed E-state index contributed by atoms with van der Waals surface area (Å²) in [7, 11) is 5.77. The molecule has 2 fully saturated rings. The van der Waals surface area contributed by atoms with E-state index in [2.05, 4.69) is 33.0 Å². The molecule has 4 rings (SSSR count). The third-order valence-corrected chi connectivity index (χ3v) is 5.87. The third-order valence-electron chi connectivity index (χ3n) is 5.87. The highest BCUT2D eigenvalue weighted by Crippen LogP contribution is 2.34. The molecule has 1 aromatic heterocycles. The molecule has 0 amide bonds. The molecule has 2 atom stereocenters. The van der Waals surface area contributed by atoms with E-state index in [4.69, 9.17) is 9.72 Å². The number of likely N-dealkylation sites (tertiary alicyclic amines) is 1. The van der Waals surface area contributed by atoms with Gasteiger partial charge in [0.2, 0.25) is 5.95 Å². The van der Waals surface area contributed by atoms with Crippen molar-refractivity contribution in [1.29, 1.82) is 0 Å². The Morgan fingerprint density at radius 2 is 2.04 bits per heavy atom. The van der Waals surface area contributed by atoms with Crippen molar-refractivity contribution in [3.63, 3.8) is 0 Å². The summed E-state index contributed by atoms with van der Waals surface area (Å²) in [5, 5.41) is 0. The fraction of sp³-hybridized carbons (Fsp3) is 0.524. The molecule has 2 unspecified atom stereocenters. The number of hydrogen-bond acceptors (Lipinski definition) is 6. The van der Waals surface area contributed by atoms with Crippen LogP contribution in [0.1, 0.15) is 18.4 Å². The van der Waals surface area contributed by atoms with Crippen LogP contribution in [0.5, 0.6) is 5.75 Å². The predicted octanol–water partition coefficient (Wildman–Crippen LogP) is 2.65. The van der Waals surface area contributed by atoms with Crippen molar-refractivity contribution < 1.29 is 4.74 Å². The van der Waals surface area contributed by atoms with E-state index in [0.717, 1.165) is 43.1 Å². The second kappa shape index (κ2) is 7.72. The molecule has 144 valence electrons. The normalized spacial score (nSPS) is 22.6. The molecule has 2 aliphatic heterocycles. The van der Waals surface area contributed by atoms with Crippen LogP contribution in [0.15, 0.2) is 36.5 Å². The number of fused-ring (bicyclic) bond motifs is 1. The fourth-order valence-electron chi connectivity index (χ4n) is 4.35. The van der Waals surface area contributed by atoms with E-state index in [-0.39, 0.29) is 0 Å². The quantitative estimate of drug-likeness (QED) is 0.810. The number of nitrogens with zero attached hydrogens (tertiary/aromatic N) is 5. The van der Waals surface area contributed by atoms with Gasteiger partial charge in [-0.3, -0.25) is 4.90 Å². The molecule has 2 saturated heterocycles. The summed E-state index contributed by atoms with van der Waals surface area (Å²) in [4.78, 5) is 16.3. The smallest absolute Gasteiger partial charge is 0.227 e. The molecule has 1 aromatic carbocycles. The first-order valence-electron chi connectivity index (χ1n) is 9.76. The second-order valence-corrected chi connectivity index (χ2v) is 7.78.